The number of carbonyl (C=O) groups excluding carboxylic acids is 1. The van der Waals surface area contributed by atoms with Gasteiger partial charge in [0.1, 0.15) is 0 Å². The number of hydrogen-bond donors (Lipinski definition) is 0. The second kappa shape index (κ2) is 7.68. The number of hydrogen-bond acceptors (Lipinski definition) is 7. The molecule has 0 unspecified atom stereocenters. The van der Waals surface area contributed by atoms with Crippen molar-refractivity contribution in [3.63, 3.8) is 0 Å². The first kappa shape index (κ1) is 17.5. The molecule has 0 N–H and O–H groups in total. The van der Waals surface area contributed by atoms with E-state index >= 15 is 0 Å². The Morgan fingerprint density at radius 2 is 2.40 bits per heavy atom. The van der Waals surface area contributed by atoms with E-state index in [1.807, 2.05) is 6.07 Å². The van der Waals surface area contributed by atoms with Gasteiger partial charge in [-0.3, -0.25) is 9.36 Å². The fourth-order valence-corrected chi connectivity index (χ4v) is 3.48. The molecule has 130 valence electrons. The average Bonchev–Trinajstić information content (AvgIpc) is 3.14. The number of nitrogens with zero attached hydrogens (tertiary/aromatic N) is 3. The summed E-state index contributed by atoms with van der Waals surface area (Å²) in [5.74, 6) is -0.307. The Kier molecular flexibility index (Phi) is 5.36. The number of aromatic nitrogens is 2. The minimum atomic E-state index is -0.488. The van der Waals surface area contributed by atoms with Gasteiger partial charge in [-0.25, -0.2) is 9.78 Å². The van der Waals surface area contributed by atoms with Crippen LogP contribution < -0.4 is 5.56 Å². The number of carbonyl (C=O) groups is 1. The molecule has 1 aliphatic heterocycles. The van der Waals surface area contributed by atoms with Crippen LogP contribution in [0.3, 0.4) is 0 Å². The van der Waals surface area contributed by atoms with E-state index in [2.05, 4.69) is 4.98 Å². The molecule has 1 atom stereocenters. The van der Waals surface area contributed by atoms with Crippen molar-refractivity contribution in [3.8, 4) is 6.07 Å². The number of nitriles is 1. The Balaban J connectivity index is 2.09. The molecule has 2 heterocycles. The van der Waals surface area contributed by atoms with Gasteiger partial charge in [-0.15, -0.1) is 0 Å². The molecule has 0 amide bonds. The predicted molar refractivity (Wildman–Crippen MR) is 92.7 cm³/mol. The number of fused-ring (bicyclic) bond motifs is 1. The normalized spacial score (nSPS) is 16.7. The van der Waals surface area contributed by atoms with E-state index in [1.54, 1.807) is 16.7 Å². The summed E-state index contributed by atoms with van der Waals surface area (Å²) in [5.41, 5.74) is 0.546. The SMILES string of the molecule is COC(=O)c1ccc2c(=O)n(C[C@@H]3CCCO3)c(SCC#N)nc2c1. The van der Waals surface area contributed by atoms with Crippen LogP contribution in [0, 0.1) is 11.3 Å². The second-order valence-electron chi connectivity index (χ2n) is 5.62. The van der Waals surface area contributed by atoms with E-state index in [0.29, 0.717) is 34.8 Å². The fourth-order valence-electron chi connectivity index (χ4n) is 2.81. The molecule has 0 radical (unpaired) electrons. The number of benzene rings is 1. The lowest BCUT2D eigenvalue weighted by Crippen LogP contribution is -2.29. The summed E-state index contributed by atoms with van der Waals surface area (Å²) in [4.78, 5) is 29.1. The average molecular weight is 359 g/mol. The van der Waals surface area contributed by atoms with Crippen molar-refractivity contribution in [2.45, 2.75) is 30.6 Å². The highest BCUT2D eigenvalue weighted by Crippen LogP contribution is 2.21. The molecule has 0 spiro atoms. The summed E-state index contributed by atoms with van der Waals surface area (Å²) in [7, 11) is 1.30. The van der Waals surface area contributed by atoms with Crippen LogP contribution in [0.4, 0.5) is 0 Å². The Morgan fingerprint density at radius 1 is 1.56 bits per heavy atom. The topological polar surface area (TPSA) is 94.2 Å². The maximum Gasteiger partial charge on any atom is 0.337 e. The molecule has 1 aromatic heterocycles. The van der Waals surface area contributed by atoms with Gasteiger partial charge in [0.25, 0.3) is 5.56 Å². The van der Waals surface area contributed by atoms with E-state index in [9.17, 15) is 9.59 Å². The number of rotatable bonds is 5. The zero-order valence-corrected chi connectivity index (χ0v) is 14.5. The molecule has 2 aromatic rings. The van der Waals surface area contributed by atoms with Crippen LogP contribution in [0.1, 0.15) is 23.2 Å². The van der Waals surface area contributed by atoms with Crippen LogP contribution in [0.5, 0.6) is 0 Å². The van der Waals surface area contributed by atoms with Crippen molar-refractivity contribution in [1.82, 2.24) is 9.55 Å². The van der Waals surface area contributed by atoms with Gasteiger partial charge in [-0.05, 0) is 31.0 Å². The highest BCUT2D eigenvalue weighted by atomic mass is 32.2. The van der Waals surface area contributed by atoms with Crippen molar-refractivity contribution in [3.05, 3.63) is 34.1 Å². The summed E-state index contributed by atoms with van der Waals surface area (Å²) < 4.78 is 11.9. The van der Waals surface area contributed by atoms with Gasteiger partial charge in [-0.1, -0.05) is 11.8 Å². The standard InChI is InChI=1S/C17H17N3O4S/c1-23-16(22)11-4-5-13-14(9-11)19-17(25-8-6-18)20(15(13)21)10-12-3-2-7-24-12/h4-5,9,12H,2-3,7-8,10H2,1H3/t12-/m0/s1. The zero-order chi connectivity index (χ0) is 17.8. The molecule has 1 aromatic carbocycles. The number of methoxy groups -OCH3 is 1. The van der Waals surface area contributed by atoms with E-state index in [0.717, 1.165) is 12.8 Å². The van der Waals surface area contributed by atoms with Crippen molar-refractivity contribution in [2.24, 2.45) is 0 Å². The second-order valence-corrected chi connectivity index (χ2v) is 6.56. The summed E-state index contributed by atoms with van der Waals surface area (Å²) in [6, 6.07) is 6.72. The predicted octanol–water partition coefficient (Wildman–Crippen LogP) is 1.98. The largest absolute Gasteiger partial charge is 0.465 e. The van der Waals surface area contributed by atoms with Gasteiger partial charge in [-0.2, -0.15) is 5.26 Å². The van der Waals surface area contributed by atoms with E-state index < -0.39 is 5.97 Å². The molecule has 25 heavy (non-hydrogen) atoms. The lowest BCUT2D eigenvalue weighted by molar-refractivity contribution is 0.0601. The van der Waals surface area contributed by atoms with Crippen LogP contribution in [-0.2, 0) is 16.0 Å². The van der Waals surface area contributed by atoms with Gasteiger partial charge < -0.3 is 9.47 Å². The molecule has 1 fully saturated rings. The zero-order valence-electron chi connectivity index (χ0n) is 13.7. The summed E-state index contributed by atoms with van der Waals surface area (Å²) in [5, 5.41) is 9.74. The molecular weight excluding hydrogens is 342 g/mol. The van der Waals surface area contributed by atoms with Crippen molar-refractivity contribution in [1.29, 1.82) is 5.26 Å². The first-order valence-electron chi connectivity index (χ1n) is 7.88. The Morgan fingerprint density at radius 3 is 3.08 bits per heavy atom. The third-order valence-corrected chi connectivity index (χ3v) is 4.86. The third kappa shape index (κ3) is 3.67. The number of ether oxygens (including phenoxy) is 2. The van der Waals surface area contributed by atoms with Gasteiger partial charge >= 0.3 is 5.97 Å². The van der Waals surface area contributed by atoms with Gasteiger partial charge in [0.15, 0.2) is 5.16 Å². The van der Waals surface area contributed by atoms with Crippen LogP contribution in [0.2, 0.25) is 0 Å². The molecule has 0 aliphatic carbocycles. The Bertz CT molecular complexity index is 897. The van der Waals surface area contributed by atoms with Crippen LogP contribution >= 0.6 is 11.8 Å². The van der Waals surface area contributed by atoms with E-state index in [-0.39, 0.29) is 17.4 Å². The Hall–Kier alpha value is -2.37. The molecule has 0 bridgehead atoms. The highest BCUT2D eigenvalue weighted by molar-refractivity contribution is 7.99. The molecule has 0 saturated carbocycles. The summed E-state index contributed by atoms with van der Waals surface area (Å²) >= 11 is 1.20. The van der Waals surface area contributed by atoms with Crippen LogP contribution in [0.25, 0.3) is 10.9 Å². The quantitative estimate of drug-likeness (QED) is 0.458. The minimum absolute atomic E-state index is 0.0206. The molecule has 1 saturated heterocycles. The first-order valence-corrected chi connectivity index (χ1v) is 8.87. The number of thioether (sulfide) groups is 1. The molecule has 3 rings (SSSR count). The lowest BCUT2D eigenvalue weighted by Gasteiger charge is -2.16. The monoisotopic (exact) mass is 359 g/mol. The van der Waals surface area contributed by atoms with Crippen molar-refractivity contribution in [2.75, 3.05) is 19.5 Å². The third-order valence-electron chi connectivity index (χ3n) is 4.02. The fraction of sp³-hybridized carbons (Fsp3) is 0.412. The smallest absolute Gasteiger partial charge is 0.337 e. The van der Waals surface area contributed by atoms with Crippen molar-refractivity contribution < 1.29 is 14.3 Å². The molecule has 1 aliphatic rings. The highest BCUT2D eigenvalue weighted by Gasteiger charge is 2.20. The summed E-state index contributed by atoms with van der Waals surface area (Å²) in [6.45, 7) is 1.11. The lowest BCUT2D eigenvalue weighted by atomic mass is 10.1. The van der Waals surface area contributed by atoms with E-state index in [4.69, 9.17) is 14.7 Å². The van der Waals surface area contributed by atoms with Gasteiger partial charge in [0, 0.05) is 6.61 Å². The summed E-state index contributed by atoms with van der Waals surface area (Å²) in [6.07, 6.45) is 1.85. The van der Waals surface area contributed by atoms with Crippen LogP contribution in [0.15, 0.2) is 28.2 Å². The Labute approximate surface area is 148 Å². The maximum atomic E-state index is 12.9. The number of esters is 1. The van der Waals surface area contributed by atoms with E-state index in [1.165, 1.54) is 24.9 Å². The molecule has 8 heteroatoms. The van der Waals surface area contributed by atoms with Crippen LogP contribution in [-0.4, -0.2) is 41.1 Å². The molecular formula is C17H17N3O4S. The first-order chi connectivity index (χ1) is 12.1. The van der Waals surface area contributed by atoms with Gasteiger partial charge in [0.05, 0.1) is 48.0 Å². The maximum absolute atomic E-state index is 12.9. The van der Waals surface area contributed by atoms with Gasteiger partial charge in [0.2, 0.25) is 0 Å². The minimum Gasteiger partial charge on any atom is -0.465 e. The van der Waals surface area contributed by atoms with Crippen molar-refractivity contribution >= 4 is 28.6 Å². The molecule has 7 nitrogen and oxygen atoms in total.